The number of pyridine rings is 1. The van der Waals surface area contributed by atoms with Gasteiger partial charge in [0.25, 0.3) is 5.91 Å². The maximum Gasteiger partial charge on any atom is 0.262 e. The number of carbonyl (C=O) groups is 1. The summed E-state index contributed by atoms with van der Waals surface area (Å²) in [5.41, 5.74) is 2.78. The van der Waals surface area contributed by atoms with E-state index in [4.69, 9.17) is 9.47 Å². The van der Waals surface area contributed by atoms with Gasteiger partial charge >= 0.3 is 0 Å². The van der Waals surface area contributed by atoms with E-state index in [0.29, 0.717) is 5.75 Å². The number of hydrogen-bond donors (Lipinski definition) is 1. The Kier molecular flexibility index (Phi) is 5.95. The van der Waals surface area contributed by atoms with Crippen molar-refractivity contribution in [2.45, 2.75) is 36.5 Å². The van der Waals surface area contributed by atoms with E-state index in [2.05, 4.69) is 16.4 Å². The van der Waals surface area contributed by atoms with Crippen molar-refractivity contribution < 1.29 is 14.3 Å². The van der Waals surface area contributed by atoms with Crippen LogP contribution in [0.5, 0.6) is 11.5 Å². The zero-order valence-electron chi connectivity index (χ0n) is 17.1. The van der Waals surface area contributed by atoms with Gasteiger partial charge in [-0.2, -0.15) is 0 Å². The van der Waals surface area contributed by atoms with Crippen molar-refractivity contribution >= 4 is 23.4 Å². The SMILES string of the molecule is CC1(C)Cc2cccc(OCC(=O)Nc3ccc(SCc4cccnc4)cc3)c2O1. The molecular formula is C24H24N2O3S. The molecule has 0 radical (unpaired) electrons. The number of amides is 1. The molecule has 2 aromatic carbocycles. The molecule has 6 heteroatoms. The summed E-state index contributed by atoms with van der Waals surface area (Å²) >= 11 is 1.73. The molecule has 0 fully saturated rings. The number of rotatable bonds is 7. The van der Waals surface area contributed by atoms with Crippen LogP contribution in [0, 0.1) is 0 Å². The van der Waals surface area contributed by atoms with E-state index >= 15 is 0 Å². The first-order valence-corrected chi connectivity index (χ1v) is 10.8. The minimum Gasteiger partial charge on any atom is -0.483 e. The van der Waals surface area contributed by atoms with Crippen molar-refractivity contribution in [3.8, 4) is 11.5 Å². The number of para-hydroxylation sites is 1. The van der Waals surface area contributed by atoms with Gasteiger partial charge < -0.3 is 14.8 Å². The molecule has 1 aliphatic rings. The number of thioether (sulfide) groups is 1. The van der Waals surface area contributed by atoms with Crippen molar-refractivity contribution in [1.82, 2.24) is 4.98 Å². The van der Waals surface area contributed by atoms with Crippen molar-refractivity contribution in [1.29, 1.82) is 0 Å². The zero-order chi connectivity index (χ0) is 21.0. The fraction of sp³-hybridized carbons (Fsp3) is 0.250. The van der Waals surface area contributed by atoms with Gasteiger partial charge in [-0.15, -0.1) is 11.8 Å². The number of benzene rings is 2. The molecule has 1 N–H and O–H groups in total. The predicted molar refractivity (Wildman–Crippen MR) is 119 cm³/mol. The van der Waals surface area contributed by atoms with E-state index < -0.39 is 0 Å². The van der Waals surface area contributed by atoms with Gasteiger partial charge in [-0.1, -0.05) is 18.2 Å². The second-order valence-electron chi connectivity index (χ2n) is 7.79. The van der Waals surface area contributed by atoms with Gasteiger partial charge in [-0.05, 0) is 55.8 Å². The third-order valence-electron chi connectivity index (χ3n) is 4.68. The maximum atomic E-state index is 12.3. The molecule has 0 unspecified atom stereocenters. The normalized spacial score (nSPS) is 13.9. The molecule has 3 aromatic rings. The quantitative estimate of drug-likeness (QED) is 0.539. The summed E-state index contributed by atoms with van der Waals surface area (Å²) in [6.07, 6.45) is 4.47. The first kappa shape index (κ1) is 20.3. The van der Waals surface area contributed by atoms with Crippen LogP contribution >= 0.6 is 11.8 Å². The average Bonchev–Trinajstić information content (AvgIpc) is 3.07. The topological polar surface area (TPSA) is 60.5 Å². The van der Waals surface area contributed by atoms with Crippen molar-refractivity contribution in [2.24, 2.45) is 0 Å². The number of nitrogens with one attached hydrogen (secondary N) is 1. The smallest absolute Gasteiger partial charge is 0.262 e. The molecule has 30 heavy (non-hydrogen) atoms. The van der Waals surface area contributed by atoms with E-state index in [1.165, 1.54) is 5.56 Å². The van der Waals surface area contributed by atoms with Gasteiger partial charge in [0.1, 0.15) is 5.60 Å². The summed E-state index contributed by atoms with van der Waals surface area (Å²) in [4.78, 5) is 17.6. The first-order valence-electron chi connectivity index (χ1n) is 9.84. The fourth-order valence-electron chi connectivity index (χ4n) is 3.33. The maximum absolute atomic E-state index is 12.3. The number of hydrogen-bond acceptors (Lipinski definition) is 5. The largest absolute Gasteiger partial charge is 0.483 e. The lowest BCUT2D eigenvalue weighted by Gasteiger charge is -2.18. The zero-order valence-corrected chi connectivity index (χ0v) is 17.9. The fourth-order valence-corrected chi connectivity index (χ4v) is 4.16. The lowest BCUT2D eigenvalue weighted by Crippen LogP contribution is -2.25. The second-order valence-corrected chi connectivity index (χ2v) is 8.84. The van der Waals surface area contributed by atoms with E-state index in [1.54, 1.807) is 18.0 Å². The molecule has 2 heterocycles. The molecule has 4 rings (SSSR count). The molecule has 0 bridgehead atoms. The van der Waals surface area contributed by atoms with Gasteiger partial charge in [0.05, 0.1) is 0 Å². The van der Waals surface area contributed by atoms with Crippen LogP contribution in [0.2, 0.25) is 0 Å². The molecule has 1 aliphatic heterocycles. The van der Waals surface area contributed by atoms with Gasteiger partial charge in [-0.3, -0.25) is 9.78 Å². The average molecular weight is 421 g/mol. The number of fused-ring (bicyclic) bond motifs is 1. The van der Waals surface area contributed by atoms with E-state index in [0.717, 1.165) is 34.1 Å². The highest BCUT2D eigenvalue weighted by Gasteiger charge is 2.32. The molecule has 154 valence electrons. The van der Waals surface area contributed by atoms with Crippen molar-refractivity contribution in [3.05, 3.63) is 78.1 Å². The number of ether oxygens (including phenoxy) is 2. The van der Waals surface area contributed by atoms with Crippen LogP contribution < -0.4 is 14.8 Å². The van der Waals surface area contributed by atoms with Gasteiger partial charge in [0.15, 0.2) is 18.1 Å². The van der Waals surface area contributed by atoms with Crippen LogP contribution in [-0.4, -0.2) is 23.1 Å². The van der Waals surface area contributed by atoms with E-state index in [-0.39, 0.29) is 18.1 Å². The van der Waals surface area contributed by atoms with E-state index in [1.807, 2.05) is 68.6 Å². The monoisotopic (exact) mass is 420 g/mol. The van der Waals surface area contributed by atoms with Crippen LogP contribution in [-0.2, 0) is 17.0 Å². The summed E-state index contributed by atoms with van der Waals surface area (Å²) in [5.74, 6) is 1.99. The summed E-state index contributed by atoms with van der Waals surface area (Å²) in [5, 5.41) is 2.87. The third-order valence-corrected chi connectivity index (χ3v) is 5.76. The minimum absolute atomic E-state index is 0.0717. The summed E-state index contributed by atoms with van der Waals surface area (Å²) in [7, 11) is 0. The van der Waals surface area contributed by atoms with Crippen LogP contribution in [0.1, 0.15) is 25.0 Å². The van der Waals surface area contributed by atoms with Crippen LogP contribution in [0.15, 0.2) is 71.9 Å². The number of aromatic nitrogens is 1. The molecule has 5 nitrogen and oxygen atoms in total. The molecule has 0 aliphatic carbocycles. The van der Waals surface area contributed by atoms with Crippen LogP contribution in [0.4, 0.5) is 5.69 Å². The summed E-state index contributed by atoms with van der Waals surface area (Å²) in [6, 6.07) is 17.6. The molecular weight excluding hydrogens is 396 g/mol. The molecule has 1 amide bonds. The Morgan fingerprint density at radius 3 is 2.77 bits per heavy atom. The Hall–Kier alpha value is -2.99. The first-order chi connectivity index (χ1) is 14.5. The molecule has 0 saturated carbocycles. The third kappa shape index (κ3) is 5.13. The van der Waals surface area contributed by atoms with Gasteiger partial charge in [-0.25, -0.2) is 0 Å². The minimum atomic E-state index is -0.249. The number of carbonyl (C=O) groups excluding carboxylic acids is 1. The lowest BCUT2D eigenvalue weighted by molar-refractivity contribution is -0.118. The second kappa shape index (κ2) is 8.79. The summed E-state index contributed by atoms with van der Waals surface area (Å²) in [6.45, 7) is 4.02. The Balaban J connectivity index is 1.28. The van der Waals surface area contributed by atoms with Crippen LogP contribution in [0.3, 0.4) is 0 Å². The highest BCUT2D eigenvalue weighted by Crippen LogP contribution is 2.41. The molecule has 0 spiro atoms. The van der Waals surface area contributed by atoms with Crippen LogP contribution in [0.25, 0.3) is 0 Å². The number of nitrogens with zero attached hydrogens (tertiary/aromatic N) is 1. The Morgan fingerprint density at radius 2 is 2.00 bits per heavy atom. The molecule has 0 saturated heterocycles. The highest BCUT2D eigenvalue weighted by atomic mass is 32.2. The molecule has 0 atom stereocenters. The highest BCUT2D eigenvalue weighted by molar-refractivity contribution is 7.98. The standard InChI is InChI=1S/C24H24N2O3S/c1-24(2)13-18-6-3-7-21(23(18)29-24)28-15-22(27)26-19-8-10-20(11-9-19)30-16-17-5-4-12-25-14-17/h3-12,14H,13,15-16H2,1-2H3,(H,26,27). The van der Waals surface area contributed by atoms with Crippen molar-refractivity contribution in [2.75, 3.05) is 11.9 Å². The number of anilines is 1. The van der Waals surface area contributed by atoms with Crippen molar-refractivity contribution in [3.63, 3.8) is 0 Å². The molecule has 1 aromatic heterocycles. The van der Waals surface area contributed by atoms with Gasteiger partial charge in [0.2, 0.25) is 0 Å². The van der Waals surface area contributed by atoms with Gasteiger partial charge in [0, 0.05) is 40.7 Å². The lowest BCUT2D eigenvalue weighted by atomic mass is 10.0. The Bertz CT molecular complexity index is 1020. The Labute approximate surface area is 180 Å². The van der Waals surface area contributed by atoms with E-state index in [9.17, 15) is 4.79 Å². The summed E-state index contributed by atoms with van der Waals surface area (Å²) < 4.78 is 11.7. The Morgan fingerprint density at radius 1 is 1.17 bits per heavy atom. The predicted octanol–water partition coefficient (Wildman–Crippen LogP) is 5.10.